The van der Waals surface area contributed by atoms with E-state index in [1.165, 1.54) is 19.3 Å². The van der Waals surface area contributed by atoms with Crippen LogP contribution in [0.15, 0.2) is 18.3 Å². The summed E-state index contributed by atoms with van der Waals surface area (Å²) in [5.41, 5.74) is 2.06. The molecule has 1 saturated carbocycles. The average Bonchev–Trinajstić information content (AvgIpc) is 2.54. The zero-order chi connectivity index (χ0) is 14.8. The van der Waals surface area contributed by atoms with E-state index in [-0.39, 0.29) is 0 Å². The van der Waals surface area contributed by atoms with Crippen molar-refractivity contribution in [2.45, 2.75) is 38.0 Å². The van der Waals surface area contributed by atoms with Crippen LogP contribution in [0.4, 0.5) is 0 Å². The molecule has 3 rings (SSSR count). The summed E-state index contributed by atoms with van der Waals surface area (Å²) in [4.78, 5) is 4.69. The molecule has 0 unspecified atom stereocenters. The summed E-state index contributed by atoms with van der Waals surface area (Å²) >= 11 is 0. The lowest BCUT2D eigenvalue weighted by Crippen LogP contribution is -2.29. The second kappa shape index (κ2) is 5.76. The van der Waals surface area contributed by atoms with Crippen molar-refractivity contribution in [1.29, 1.82) is 0 Å². The Morgan fingerprint density at radius 1 is 1.10 bits per heavy atom. The molecule has 1 aliphatic carbocycles. The molecule has 0 saturated heterocycles. The van der Waals surface area contributed by atoms with Crippen LogP contribution in [0.5, 0.6) is 11.5 Å². The summed E-state index contributed by atoms with van der Waals surface area (Å²) in [5.74, 6) is 1.54. The van der Waals surface area contributed by atoms with Crippen LogP contribution in [-0.4, -0.2) is 19.2 Å². The zero-order valence-electron chi connectivity index (χ0n) is 12.5. The average molecular weight is 288 g/mol. The van der Waals surface area contributed by atoms with E-state index < -0.39 is 0 Å². The Bertz CT molecular complexity index is 652. The van der Waals surface area contributed by atoms with Gasteiger partial charge in [0.15, 0.2) is 11.5 Å². The molecule has 0 spiro atoms. The number of ether oxygens (including phenoxy) is 2. The highest BCUT2D eigenvalue weighted by Crippen LogP contribution is 2.34. The molecule has 0 atom stereocenters. The monoisotopic (exact) mass is 288 g/mol. The molecule has 1 aliphatic rings. The van der Waals surface area contributed by atoms with E-state index in [1.54, 1.807) is 32.5 Å². The van der Waals surface area contributed by atoms with E-state index >= 15 is 0 Å². The van der Waals surface area contributed by atoms with Crippen LogP contribution < -0.4 is 14.2 Å². The molecular formula is C16H20N2O3. The van der Waals surface area contributed by atoms with Gasteiger partial charge in [-0.15, -0.1) is 0 Å². The first-order valence-corrected chi connectivity index (χ1v) is 7.38. The van der Waals surface area contributed by atoms with Gasteiger partial charge in [0.2, 0.25) is 11.7 Å². The van der Waals surface area contributed by atoms with Gasteiger partial charge < -0.3 is 14.7 Å². The number of benzene rings is 1. The van der Waals surface area contributed by atoms with Crippen molar-refractivity contribution in [3.63, 3.8) is 0 Å². The highest BCUT2D eigenvalue weighted by Gasteiger charge is 2.21. The molecule has 0 radical (unpaired) electrons. The Morgan fingerprint density at radius 3 is 2.43 bits per heavy atom. The summed E-state index contributed by atoms with van der Waals surface area (Å²) in [6.07, 6.45) is 7.57. The number of methoxy groups -OCH3 is 2. The van der Waals surface area contributed by atoms with Crippen LogP contribution in [0, 0.1) is 5.21 Å². The number of aromatic nitrogens is 2. The van der Waals surface area contributed by atoms with Gasteiger partial charge in [-0.1, -0.05) is 19.3 Å². The molecule has 112 valence electrons. The molecule has 2 aromatic rings. The first kappa shape index (κ1) is 13.9. The van der Waals surface area contributed by atoms with E-state index in [2.05, 4.69) is 4.98 Å². The van der Waals surface area contributed by atoms with E-state index in [1.807, 2.05) is 0 Å². The number of rotatable bonds is 3. The highest BCUT2D eigenvalue weighted by molar-refractivity contribution is 5.76. The summed E-state index contributed by atoms with van der Waals surface area (Å²) in [6.45, 7) is 0. The molecule has 5 nitrogen and oxygen atoms in total. The molecular weight excluding hydrogens is 268 g/mol. The van der Waals surface area contributed by atoms with Gasteiger partial charge in [0, 0.05) is 12.0 Å². The number of hydrogen-bond donors (Lipinski definition) is 0. The smallest absolute Gasteiger partial charge is 0.246 e. The Balaban J connectivity index is 2.09. The lowest BCUT2D eigenvalue weighted by atomic mass is 9.87. The fraction of sp³-hybridized carbons (Fsp3) is 0.500. The third-order valence-corrected chi connectivity index (χ3v) is 4.24. The Hall–Kier alpha value is -2.04. The van der Waals surface area contributed by atoms with Crippen molar-refractivity contribution >= 4 is 11.0 Å². The minimum absolute atomic E-state index is 0.399. The first-order chi connectivity index (χ1) is 10.2. The third kappa shape index (κ3) is 2.60. The maximum atomic E-state index is 12.3. The minimum Gasteiger partial charge on any atom is -0.618 e. The molecule has 0 amide bonds. The van der Waals surface area contributed by atoms with Gasteiger partial charge >= 0.3 is 0 Å². The molecule has 1 heterocycles. The van der Waals surface area contributed by atoms with Gasteiger partial charge in [-0.05, 0) is 12.8 Å². The number of fused-ring (bicyclic) bond motifs is 1. The highest BCUT2D eigenvalue weighted by atomic mass is 16.5. The van der Waals surface area contributed by atoms with Crippen molar-refractivity contribution in [3.8, 4) is 11.5 Å². The third-order valence-electron chi connectivity index (χ3n) is 4.24. The number of nitrogens with zero attached hydrogens (tertiary/aromatic N) is 2. The largest absolute Gasteiger partial charge is 0.618 e. The van der Waals surface area contributed by atoms with Gasteiger partial charge in [0.1, 0.15) is 11.2 Å². The molecule has 1 aromatic heterocycles. The fourth-order valence-corrected chi connectivity index (χ4v) is 3.08. The van der Waals surface area contributed by atoms with Crippen molar-refractivity contribution < 1.29 is 14.2 Å². The standard InChI is InChI=1S/C16H20N2O3/c1-20-15-8-12-14(9-16(15)21-2)18(19)10-13(17-12)11-6-4-3-5-7-11/h8-11H,3-7H2,1-2H3. The molecule has 5 heteroatoms. The predicted molar refractivity (Wildman–Crippen MR) is 79.6 cm³/mol. The Kier molecular flexibility index (Phi) is 3.82. The number of hydrogen-bond acceptors (Lipinski definition) is 4. The van der Waals surface area contributed by atoms with Crippen molar-refractivity contribution in [1.82, 2.24) is 4.98 Å². The molecule has 0 N–H and O–H groups in total. The second-order valence-corrected chi connectivity index (χ2v) is 5.52. The maximum absolute atomic E-state index is 12.3. The molecule has 21 heavy (non-hydrogen) atoms. The van der Waals surface area contributed by atoms with Gasteiger partial charge in [0.25, 0.3) is 0 Å². The molecule has 1 aromatic carbocycles. The van der Waals surface area contributed by atoms with Crippen molar-refractivity contribution in [2.75, 3.05) is 14.2 Å². The molecule has 1 fully saturated rings. The van der Waals surface area contributed by atoms with Gasteiger partial charge in [-0.2, -0.15) is 4.73 Å². The lowest BCUT2D eigenvalue weighted by molar-refractivity contribution is -0.578. The zero-order valence-corrected chi connectivity index (χ0v) is 12.5. The van der Waals surface area contributed by atoms with Crippen molar-refractivity contribution in [3.05, 3.63) is 29.2 Å². The quantitative estimate of drug-likeness (QED) is 0.643. The van der Waals surface area contributed by atoms with Crippen LogP contribution in [0.25, 0.3) is 11.0 Å². The van der Waals surface area contributed by atoms with Gasteiger partial charge in [-0.25, -0.2) is 4.98 Å². The maximum Gasteiger partial charge on any atom is 0.246 e. The van der Waals surface area contributed by atoms with E-state index in [4.69, 9.17) is 9.47 Å². The van der Waals surface area contributed by atoms with E-state index in [0.717, 1.165) is 23.3 Å². The summed E-state index contributed by atoms with van der Waals surface area (Å²) in [5, 5.41) is 12.3. The SMILES string of the molecule is COc1cc2nc(C3CCCCC3)c[n+]([O-])c2cc1OC. The van der Waals surface area contributed by atoms with Crippen LogP contribution in [0.3, 0.4) is 0 Å². The van der Waals surface area contributed by atoms with E-state index in [0.29, 0.717) is 28.5 Å². The fourth-order valence-electron chi connectivity index (χ4n) is 3.08. The lowest BCUT2D eigenvalue weighted by Gasteiger charge is -2.20. The summed E-state index contributed by atoms with van der Waals surface area (Å²) < 4.78 is 11.4. The predicted octanol–water partition coefficient (Wildman–Crippen LogP) is 2.93. The summed E-state index contributed by atoms with van der Waals surface area (Å²) in [7, 11) is 3.14. The Morgan fingerprint density at radius 2 is 1.76 bits per heavy atom. The van der Waals surface area contributed by atoms with Gasteiger partial charge in [-0.3, -0.25) is 0 Å². The van der Waals surface area contributed by atoms with Gasteiger partial charge in [0.05, 0.1) is 20.3 Å². The topological polar surface area (TPSA) is 58.3 Å². The van der Waals surface area contributed by atoms with Crippen LogP contribution in [-0.2, 0) is 0 Å². The molecule has 0 bridgehead atoms. The second-order valence-electron chi connectivity index (χ2n) is 5.52. The van der Waals surface area contributed by atoms with E-state index in [9.17, 15) is 5.21 Å². The van der Waals surface area contributed by atoms with Crippen LogP contribution in [0.2, 0.25) is 0 Å². The van der Waals surface area contributed by atoms with Crippen LogP contribution >= 0.6 is 0 Å². The first-order valence-electron chi connectivity index (χ1n) is 7.38. The minimum atomic E-state index is 0.399. The Labute approximate surface area is 124 Å². The van der Waals surface area contributed by atoms with Crippen molar-refractivity contribution in [2.24, 2.45) is 0 Å². The normalized spacial score (nSPS) is 16.1. The molecule has 0 aliphatic heterocycles. The summed E-state index contributed by atoms with van der Waals surface area (Å²) in [6, 6.07) is 3.45. The van der Waals surface area contributed by atoms with Crippen LogP contribution in [0.1, 0.15) is 43.7 Å².